The van der Waals surface area contributed by atoms with Gasteiger partial charge in [0.15, 0.2) is 0 Å². The molecule has 1 amide bonds. The van der Waals surface area contributed by atoms with E-state index in [0.717, 1.165) is 12.1 Å². The first-order chi connectivity index (χ1) is 10.1. The first kappa shape index (κ1) is 17.9. The van der Waals surface area contributed by atoms with Gasteiger partial charge in [-0.05, 0) is 45.2 Å². The molecule has 0 aliphatic heterocycles. The third-order valence-electron chi connectivity index (χ3n) is 2.71. The number of amides is 1. The molecule has 0 saturated heterocycles. The molecule has 1 aromatic carbocycles. The number of aryl methyl sites for hydroxylation is 1. The first-order valence-electron chi connectivity index (χ1n) is 6.75. The van der Waals surface area contributed by atoms with Crippen LogP contribution >= 0.6 is 0 Å². The van der Waals surface area contributed by atoms with Crippen molar-refractivity contribution < 1.29 is 28.2 Å². The second-order valence-corrected chi connectivity index (χ2v) is 5.81. The average Bonchev–Trinajstić information content (AvgIpc) is 2.33. The van der Waals surface area contributed by atoms with E-state index in [2.05, 4.69) is 5.32 Å². The van der Waals surface area contributed by atoms with E-state index in [1.165, 1.54) is 6.07 Å². The van der Waals surface area contributed by atoms with E-state index in [9.17, 15) is 18.4 Å². The molecular weight excluding hydrogens is 296 g/mol. The molecule has 0 spiro atoms. The predicted octanol–water partition coefficient (Wildman–Crippen LogP) is 2.88. The van der Waals surface area contributed by atoms with Crippen LogP contribution in [0.2, 0.25) is 0 Å². The lowest BCUT2D eigenvalue weighted by Crippen LogP contribution is -2.43. The molecule has 0 bridgehead atoms. The number of rotatable bonds is 5. The van der Waals surface area contributed by atoms with Crippen LogP contribution in [0.5, 0.6) is 0 Å². The molecule has 2 N–H and O–H groups in total. The van der Waals surface area contributed by atoms with Crippen LogP contribution in [0.15, 0.2) is 18.2 Å². The fraction of sp³-hybridized carbons (Fsp3) is 0.467. The van der Waals surface area contributed by atoms with Gasteiger partial charge in [0.2, 0.25) is 0 Å². The number of benzene rings is 1. The SMILES string of the molecule is CC(C)(C)OC(=O)NC(CCc1ccc(F)cc1F)C(=O)O. The van der Waals surface area contributed by atoms with Gasteiger partial charge in [-0.25, -0.2) is 18.4 Å². The van der Waals surface area contributed by atoms with Crippen LogP contribution in [0.4, 0.5) is 13.6 Å². The number of aliphatic carboxylic acids is 1. The van der Waals surface area contributed by atoms with E-state index in [1.807, 2.05) is 0 Å². The van der Waals surface area contributed by atoms with Crippen LogP contribution in [-0.2, 0) is 16.0 Å². The summed E-state index contributed by atoms with van der Waals surface area (Å²) in [6.45, 7) is 4.95. The van der Waals surface area contributed by atoms with Gasteiger partial charge in [-0.2, -0.15) is 0 Å². The molecule has 0 aliphatic rings. The summed E-state index contributed by atoms with van der Waals surface area (Å²) in [5.41, 5.74) is -0.574. The smallest absolute Gasteiger partial charge is 0.408 e. The number of carbonyl (C=O) groups excluding carboxylic acids is 1. The molecule has 1 rings (SSSR count). The fourth-order valence-electron chi connectivity index (χ4n) is 1.73. The van der Waals surface area contributed by atoms with Crippen LogP contribution in [0.1, 0.15) is 32.8 Å². The van der Waals surface area contributed by atoms with E-state index >= 15 is 0 Å². The van der Waals surface area contributed by atoms with E-state index in [-0.39, 0.29) is 18.4 Å². The molecular formula is C15H19F2NO4. The van der Waals surface area contributed by atoms with Crippen molar-refractivity contribution in [2.24, 2.45) is 0 Å². The summed E-state index contributed by atoms with van der Waals surface area (Å²) in [6.07, 6.45) is -0.866. The Balaban J connectivity index is 2.65. The Hall–Kier alpha value is -2.18. The maximum atomic E-state index is 13.5. The van der Waals surface area contributed by atoms with Gasteiger partial charge in [0, 0.05) is 6.07 Å². The summed E-state index contributed by atoms with van der Waals surface area (Å²) < 4.78 is 31.3. The van der Waals surface area contributed by atoms with Gasteiger partial charge in [0.25, 0.3) is 0 Å². The van der Waals surface area contributed by atoms with Gasteiger partial charge in [0.1, 0.15) is 23.3 Å². The highest BCUT2D eigenvalue weighted by Crippen LogP contribution is 2.13. The van der Waals surface area contributed by atoms with Crippen molar-refractivity contribution in [3.8, 4) is 0 Å². The van der Waals surface area contributed by atoms with E-state index in [0.29, 0.717) is 0 Å². The van der Waals surface area contributed by atoms with Crippen molar-refractivity contribution in [2.75, 3.05) is 0 Å². The van der Waals surface area contributed by atoms with Gasteiger partial charge >= 0.3 is 12.1 Å². The Morgan fingerprint density at radius 3 is 2.45 bits per heavy atom. The highest BCUT2D eigenvalue weighted by atomic mass is 19.1. The second kappa shape index (κ2) is 7.20. The zero-order valence-electron chi connectivity index (χ0n) is 12.7. The molecule has 7 heteroatoms. The summed E-state index contributed by atoms with van der Waals surface area (Å²) in [5.74, 6) is -2.71. The van der Waals surface area contributed by atoms with Crippen LogP contribution < -0.4 is 5.32 Å². The van der Waals surface area contributed by atoms with E-state index < -0.39 is 35.3 Å². The minimum absolute atomic E-state index is 0.0406. The average molecular weight is 315 g/mol. The minimum Gasteiger partial charge on any atom is -0.480 e. The topological polar surface area (TPSA) is 75.6 Å². The van der Waals surface area contributed by atoms with Gasteiger partial charge in [-0.15, -0.1) is 0 Å². The lowest BCUT2D eigenvalue weighted by Gasteiger charge is -2.22. The Morgan fingerprint density at radius 2 is 1.95 bits per heavy atom. The second-order valence-electron chi connectivity index (χ2n) is 5.81. The third-order valence-corrected chi connectivity index (χ3v) is 2.71. The number of carboxylic acids is 1. The summed E-state index contributed by atoms with van der Waals surface area (Å²) >= 11 is 0. The number of carbonyl (C=O) groups is 2. The van der Waals surface area contributed by atoms with Crippen LogP contribution in [0, 0.1) is 11.6 Å². The van der Waals surface area contributed by atoms with Crippen molar-refractivity contribution in [1.29, 1.82) is 0 Å². The van der Waals surface area contributed by atoms with Crippen molar-refractivity contribution in [3.05, 3.63) is 35.4 Å². The van der Waals surface area contributed by atoms with Gasteiger partial charge in [-0.3, -0.25) is 0 Å². The molecule has 1 aromatic rings. The van der Waals surface area contributed by atoms with Crippen LogP contribution in [-0.4, -0.2) is 28.8 Å². The normalized spacial score (nSPS) is 12.6. The monoisotopic (exact) mass is 315 g/mol. The molecule has 0 fully saturated rings. The Labute approximate surface area is 127 Å². The quantitative estimate of drug-likeness (QED) is 0.876. The first-order valence-corrected chi connectivity index (χ1v) is 6.75. The Kier molecular flexibility index (Phi) is 5.84. The molecule has 5 nitrogen and oxygen atoms in total. The zero-order chi connectivity index (χ0) is 16.9. The molecule has 122 valence electrons. The summed E-state index contributed by atoms with van der Waals surface area (Å²) in [4.78, 5) is 22.7. The molecule has 0 radical (unpaired) electrons. The van der Waals surface area contributed by atoms with Gasteiger partial charge in [0.05, 0.1) is 0 Å². The van der Waals surface area contributed by atoms with E-state index in [4.69, 9.17) is 9.84 Å². The summed E-state index contributed by atoms with van der Waals surface area (Å²) in [5, 5.41) is 11.3. The fourth-order valence-corrected chi connectivity index (χ4v) is 1.73. The zero-order valence-corrected chi connectivity index (χ0v) is 12.7. The van der Waals surface area contributed by atoms with Crippen LogP contribution in [0.3, 0.4) is 0 Å². The number of halogens is 2. The van der Waals surface area contributed by atoms with Crippen molar-refractivity contribution >= 4 is 12.1 Å². The molecule has 1 unspecified atom stereocenters. The molecule has 22 heavy (non-hydrogen) atoms. The number of carboxylic acid groups (broad SMARTS) is 1. The number of hydrogen-bond donors (Lipinski definition) is 2. The maximum absolute atomic E-state index is 13.5. The van der Waals surface area contributed by atoms with Crippen molar-refractivity contribution in [1.82, 2.24) is 5.32 Å². The summed E-state index contributed by atoms with van der Waals surface area (Å²) in [6, 6.07) is 1.85. The molecule has 0 heterocycles. The standard InChI is InChI=1S/C15H19F2NO4/c1-15(2,3)22-14(21)18-12(13(19)20)7-5-9-4-6-10(16)8-11(9)17/h4,6,8,12H,5,7H2,1-3H3,(H,18,21)(H,19,20). The largest absolute Gasteiger partial charge is 0.480 e. The highest BCUT2D eigenvalue weighted by molar-refractivity contribution is 5.80. The Morgan fingerprint density at radius 1 is 1.32 bits per heavy atom. The van der Waals surface area contributed by atoms with Crippen LogP contribution in [0.25, 0.3) is 0 Å². The lowest BCUT2D eigenvalue weighted by atomic mass is 10.0. The number of alkyl carbamates (subject to hydrolysis) is 1. The third kappa shape index (κ3) is 6.07. The molecule has 0 aliphatic carbocycles. The molecule has 0 saturated carbocycles. The number of hydrogen-bond acceptors (Lipinski definition) is 3. The maximum Gasteiger partial charge on any atom is 0.408 e. The van der Waals surface area contributed by atoms with Crippen molar-refractivity contribution in [3.63, 3.8) is 0 Å². The number of ether oxygens (including phenoxy) is 1. The minimum atomic E-state index is -1.26. The predicted molar refractivity (Wildman–Crippen MR) is 75.5 cm³/mol. The molecule has 0 aromatic heterocycles. The van der Waals surface area contributed by atoms with Crippen molar-refractivity contribution in [2.45, 2.75) is 45.3 Å². The Bertz CT molecular complexity index is 555. The number of nitrogens with one attached hydrogen (secondary N) is 1. The lowest BCUT2D eigenvalue weighted by molar-refractivity contribution is -0.139. The highest BCUT2D eigenvalue weighted by Gasteiger charge is 2.24. The molecule has 1 atom stereocenters. The summed E-state index contributed by atoms with van der Waals surface area (Å²) in [7, 11) is 0. The van der Waals surface area contributed by atoms with Gasteiger partial charge in [-0.1, -0.05) is 6.07 Å². The van der Waals surface area contributed by atoms with Gasteiger partial charge < -0.3 is 15.2 Å². The van der Waals surface area contributed by atoms with E-state index in [1.54, 1.807) is 20.8 Å².